The Hall–Kier alpha value is -3.71. The second-order valence-corrected chi connectivity index (χ2v) is 9.62. The molecule has 4 rings (SSSR count). The van der Waals surface area contributed by atoms with Crippen molar-refractivity contribution < 1.29 is 9.53 Å². The number of aryl methyl sites for hydroxylation is 1. The smallest absolute Gasteiger partial charge is 0.251 e. The first-order chi connectivity index (χ1) is 17.2. The fourth-order valence-electron chi connectivity index (χ4n) is 4.65. The lowest BCUT2D eigenvalue weighted by Crippen LogP contribution is -2.47. The molecule has 0 spiro atoms. The van der Waals surface area contributed by atoms with Gasteiger partial charge in [0.1, 0.15) is 11.5 Å². The van der Waals surface area contributed by atoms with Crippen molar-refractivity contribution in [2.24, 2.45) is 0 Å². The quantitative estimate of drug-likeness (QED) is 0.385. The van der Waals surface area contributed by atoms with Crippen LogP contribution in [0.15, 0.2) is 54.7 Å². The summed E-state index contributed by atoms with van der Waals surface area (Å²) >= 11 is 0. The van der Waals surface area contributed by atoms with Crippen LogP contribution in [0.3, 0.4) is 0 Å². The van der Waals surface area contributed by atoms with Crippen molar-refractivity contribution in [3.05, 3.63) is 71.4 Å². The van der Waals surface area contributed by atoms with E-state index in [-0.39, 0.29) is 11.9 Å². The van der Waals surface area contributed by atoms with Gasteiger partial charge in [-0.2, -0.15) is 0 Å². The Balaban J connectivity index is 1.48. The number of hydrogen-bond acceptors (Lipinski definition) is 6. The zero-order valence-electron chi connectivity index (χ0n) is 21.7. The summed E-state index contributed by atoms with van der Waals surface area (Å²) in [6, 6.07) is 15.8. The molecule has 0 saturated carbocycles. The van der Waals surface area contributed by atoms with Crippen molar-refractivity contribution in [2.45, 2.75) is 45.7 Å². The van der Waals surface area contributed by atoms with Crippen molar-refractivity contribution in [3.8, 4) is 22.8 Å². The molecule has 2 aromatic carbocycles. The van der Waals surface area contributed by atoms with Crippen LogP contribution in [0.1, 0.15) is 48.2 Å². The standard InChI is InChI=1S/C29H35N5O2/c1-18-14-21(6-8-25(18)29(35)33-22-11-13-34(5)19(2)15-22)27-16-24(10-12-32-27)36-23-7-9-26(20(3)30)28(17-23)31-4/h6-10,12,14,16-17,19,22,30-31H,11,13,15H2,1-5H3,(H,33,35)/t19-,22-/m1/s1. The average molecular weight is 486 g/mol. The van der Waals surface area contributed by atoms with Crippen molar-refractivity contribution >= 4 is 17.3 Å². The summed E-state index contributed by atoms with van der Waals surface area (Å²) < 4.78 is 6.09. The number of likely N-dealkylation sites (tertiary alicyclic amines) is 1. The maximum atomic E-state index is 13.0. The number of hydrogen-bond donors (Lipinski definition) is 3. The molecule has 1 aliphatic heterocycles. The fraction of sp³-hybridized carbons (Fsp3) is 0.345. The maximum absolute atomic E-state index is 13.0. The van der Waals surface area contributed by atoms with E-state index in [0.29, 0.717) is 28.8 Å². The van der Waals surface area contributed by atoms with Crippen LogP contribution in [-0.2, 0) is 0 Å². The van der Waals surface area contributed by atoms with Crippen LogP contribution >= 0.6 is 0 Å². The average Bonchev–Trinajstić information content (AvgIpc) is 2.86. The van der Waals surface area contributed by atoms with Gasteiger partial charge in [-0.3, -0.25) is 9.78 Å². The second kappa shape index (κ2) is 10.9. The van der Waals surface area contributed by atoms with Crippen molar-refractivity contribution in [1.82, 2.24) is 15.2 Å². The number of anilines is 1. The summed E-state index contributed by atoms with van der Waals surface area (Å²) in [5, 5.41) is 14.3. The molecule has 2 atom stereocenters. The van der Waals surface area contributed by atoms with Crippen molar-refractivity contribution in [1.29, 1.82) is 5.41 Å². The first-order valence-corrected chi connectivity index (χ1v) is 12.4. The van der Waals surface area contributed by atoms with Crippen molar-refractivity contribution in [2.75, 3.05) is 26.0 Å². The van der Waals surface area contributed by atoms with Crippen LogP contribution in [0, 0.1) is 12.3 Å². The highest BCUT2D eigenvalue weighted by molar-refractivity contribution is 6.01. The van der Waals surface area contributed by atoms with Crippen LogP contribution in [-0.4, -0.2) is 54.2 Å². The van der Waals surface area contributed by atoms with Crippen LogP contribution in [0.4, 0.5) is 5.69 Å². The first-order valence-electron chi connectivity index (χ1n) is 12.4. The number of pyridine rings is 1. The summed E-state index contributed by atoms with van der Waals surface area (Å²) in [6.45, 7) is 6.92. The monoisotopic (exact) mass is 485 g/mol. The van der Waals surface area contributed by atoms with Gasteiger partial charge in [-0.1, -0.05) is 6.07 Å². The van der Waals surface area contributed by atoms with Gasteiger partial charge in [-0.05, 0) is 76.6 Å². The zero-order valence-corrected chi connectivity index (χ0v) is 21.7. The highest BCUT2D eigenvalue weighted by Crippen LogP contribution is 2.30. The Kier molecular flexibility index (Phi) is 7.70. The molecule has 0 aliphatic carbocycles. The van der Waals surface area contributed by atoms with Crippen LogP contribution in [0.2, 0.25) is 0 Å². The van der Waals surface area contributed by atoms with Gasteiger partial charge in [0.05, 0.1) is 5.69 Å². The lowest BCUT2D eigenvalue weighted by Gasteiger charge is -2.35. The third-order valence-electron chi connectivity index (χ3n) is 6.94. The van der Waals surface area contributed by atoms with Gasteiger partial charge in [0.2, 0.25) is 0 Å². The molecular formula is C29H35N5O2. The molecule has 3 N–H and O–H groups in total. The SMILES string of the molecule is CNc1cc(Oc2ccnc(-c3ccc(C(=O)N[C@@H]4CCN(C)[C@H](C)C4)c(C)c3)c2)ccc1C(C)=N. The first kappa shape index (κ1) is 25.4. The fourth-order valence-corrected chi connectivity index (χ4v) is 4.65. The predicted molar refractivity (Wildman–Crippen MR) is 146 cm³/mol. The third-order valence-corrected chi connectivity index (χ3v) is 6.94. The molecule has 3 aromatic rings. The molecule has 1 aliphatic rings. The summed E-state index contributed by atoms with van der Waals surface area (Å²) in [7, 11) is 3.96. The number of ether oxygens (including phenoxy) is 1. The Labute approximate surface area is 213 Å². The topological polar surface area (TPSA) is 90.3 Å². The van der Waals surface area contributed by atoms with Crippen LogP contribution in [0.25, 0.3) is 11.3 Å². The van der Waals surface area contributed by atoms with E-state index in [4.69, 9.17) is 10.1 Å². The van der Waals surface area contributed by atoms with Gasteiger partial charge in [-0.15, -0.1) is 0 Å². The number of nitrogens with one attached hydrogen (secondary N) is 3. The minimum atomic E-state index is -0.0187. The minimum Gasteiger partial charge on any atom is -0.457 e. The molecule has 7 heteroatoms. The number of rotatable bonds is 7. The van der Waals surface area contributed by atoms with Crippen molar-refractivity contribution in [3.63, 3.8) is 0 Å². The van der Waals surface area contributed by atoms with Gasteiger partial charge in [-0.25, -0.2) is 0 Å². The van der Waals surface area contributed by atoms with E-state index < -0.39 is 0 Å². The van der Waals surface area contributed by atoms with E-state index >= 15 is 0 Å². The third kappa shape index (κ3) is 5.74. The molecule has 2 heterocycles. The van der Waals surface area contributed by atoms with Gasteiger partial charge < -0.3 is 25.7 Å². The Morgan fingerprint density at radius 1 is 1.11 bits per heavy atom. The lowest BCUT2D eigenvalue weighted by atomic mass is 9.97. The van der Waals surface area contributed by atoms with E-state index in [1.807, 2.05) is 62.5 Å². The Morgan fingerprint density at radius 2 is 1.86 bits per heavy atom. The summed E-state index contributed by atoms with van der Waals surface area (Å²) in [4.78, 5) is 19.8. The molecule has 1 amide bonds. The summed E-state index contributed by atoms with van der Waals surface area (Å²) in [5.74, 6) is 1.32. The molecule has 1 saturated heterocycles. The molecule has 0 unspecified atom stereocenters. The number of carbonyl (C=O) groups is 1. The molecular weight excluding hydrogens is 450 g/mol. The number of carbonyl (C=O) groups excluding carboxylic acids is 1. The molecule has 0 radical (unpaired) electrons. The largest absolute Gasteiger partial charge is 0.457 e. The Bertz CT molecular complexity index is 1270. The van der Waals surface area contributed by atoms with Crippen LogP contribution < -0.4 is 15.4 Å². The zero-order chi connectivity index (χ0) is 25.8. The molecule has 0 bridgehead atoms. The van der Waals surface area contributed by atoms with Crippen LogP contribution in [0.5, 0.6) is 11.5 Å². The lowest BCUT2D eigenvalue weighted by molar-refractivity contribution is 0.0896. The van der Waals surface area contributed by atoms with Gasteiger partial charge in [0.25, 0.3) is 5.91 Å². The van der Waals surface area contributed by atoms with E-state index in [1.165, 1.54) is 0 Å². The number of piperidine rings is 1. The number of amides is 1. The highest BCUT2D eigenvalue weighted by atomic mass is 16.5. The van der Waals surface area contributed by atoms with E-state index in [1.54, 1.807) is 13.1 Å². The van der Waals surface area contributed by atoms with E-state index in [2.05, 4.69) is 34.5 Å². The summed E-state index contributed by atoms with van der Waals surface area (Å²) in [5.41, 5.74) is 5.47. The second-order valence-electron chi connectivity index (χ2n) is 9.62. The van der Waals surface area contributed by atoms with Gasteiger partial charge in [0.15, 0.2) is 0 Å². The van der Waals surface area contributed by atoms with Gasteiger partial charge in [0, 0.05) is 72.1 Å². The van der Waals surface area contributed by atoms with Gasteiger partial charge >= 0.3 is 0 Å². The molecule has 36 heavy (non-hydrogen) atoms. The normalized spacial score (nSPS) is 17.9. The maximum Gasteiger partial charge on any atom is 0.251 e. The number of nitrogens with zero attached hydrogens (tertiary/aromatic N) is 2. The predicted octanol–water partition coefficient (Wildman–Crippen LogP) is 5.49. The van der Waals surface area contributed by atoms with E-state index in [9.17, 15) is 4.79 Å². The number of benzene rings is 2. The number of aromatic nitrogens is 1. The molecule has 7 nitrogen and oxygen atoms in total. The molecule has 1 fully saturated rings. The summed E-state index contributed by atoms with van der Waals surface area (Å²) in [6.07, 6.45) is 3.66. The van der Waals surface area contributed by atoms with E-state index in [0.717, 1.165) is 47.5 Å². The molecule has 1 aromatic heterocycles. The highest BCUT2D eigenvalue weighted by Gasteiger charge is 2.24. The molecule has 188 valence electrons. The minimum absolute atomic E-state index is 0.0187. The Morgan fingerprint density at radius 3 is 2.56 bits per heavy atom.